The average Bonchev–Trinajstić information content (AvgIpc) is 3.06. The van der Waals surface area contributed by atoms with Gasteiger partial charge in [-0.1, -0.05) is 127 Å². The van der Waals surface area contributed by atoms with Gasteiger partial charge in [0.2, 0.25) is 0 Å². The van der Waals surface area contributed by atoms with E-state index < -0.39 is 32.5 Å². The highest BCUT2D eigenvalue weighted by atomic mass is 31.2. The maximum Gasteiger partial charge on any atom is 0.306 e. The van der Waals surface area contributed by atoms with Crippen molar-refractivity contribution in [1.82, 2.24) is 0 Å². The number of esters is 2. The van der Waals surface area contributed by atoms with Gasteiger partial charge in [0, 0.05) is 12.8 Å². The second-order valence-electron chi connectivity index (χ2n) is 13.9. The number of unbranched alkanes of at least 4 members (excludes halogenated alkanes) is 12. The molecule has 0 heterocycles. The van der Waals surface area contributed by atoms with Crippen molar-refractivity contribution >= 4 is 19.8 Å². The third-order valence-corrected chi connectivity index (χ3v) is 8.82. The average molecular weight is 726 g/mol. The minimum absolute atomic E-state index is 0.0417. The van der Waals surface area contributed by atoms with Crippen LogP contribution >= 0.6 is 7.82 Å². The topological polar surface area (TPSA) is 111 Å². The molecule has 0 aromatic carbocycles. The zero-order valence-corrected chi connectivity index (χ0v) is 33.2. The van der Waals surface area contributed by atoms with Crippen molar-refractivity contribution in [1.29, 1.82) is 0 Å². The monoisotopic (exact) mass is 725 g/mol. The molecule has 2 atom stereocenters. The van der Waals surface area contributed by atoms with Gasteiger partial charge in [-0.05, 0) is 51.4 Å². The van der Waals surface area contributed by atoms with Gasteiger partial charge in [-0.25, -0.2) is 0 Å². The zero-order valence-electron chi connectivity index (χ0n) is 32.3. The predicted molar refractivity (Wildman–Crippen MR) is 203 cm³/mol. The Bertz CT molecular complexity index is 1000. The van der Waals surface area contributed by atoms with Gasteiger partial charge in [0.1, 0.15) is 19.8 Å². The molecule has 0 fully saturated rings. The lowest BCUT2D eigenvalue weighted by molar-refractivity contribution is -0.870. The van der Waals surface area contributed by atoms with Gasteiger partial charge in [0.05, 0.1) is 27.7 Å². The number of phosphoric ester groups is 1. The number of hydrogen-bond acceptors (Lipinski definition) is 8. The quantitative estimate of drug-likeness (QED) is 0.0212. The van der Waals surface area contributed by atoms with E-state index in [0.717, 1.165) is 38.5 Å². The fourth-order valence-electron chi connectivity index (χ4n) is 4.76. The molecule has 0 bridgehead atoms. The number of allylic oxidation sites excluding steroid dienone is 8. The molecule has 10 heteroatoms. The first-order valence-corrected chi connectivity index (χ1v) is 20.8. The smallest absolute Gasteiger partial charge is 0.306 e. The minimum atomic E-state index is -4.63. The molecular formula is C40H72NO8P. The molecule has 0 aromatic heterocycles. The highest BCUT2D eigenvalue weighted by Gasteiger charge is 2.21. The van der Waals surface area contributed by atoms with E-state index in [1.807, 2.05) is 27.2 Å². The maximum absolute atomic E-state index is 12.6. The van der Waals surface area contributed by atoms with Crippen LogP contribution in [0.25, 0.3) is 0 Å². The molecule has 0 aromatic rings. The van der Waals surface area contributed by atoms with Crippen LogP contribution in [0.15, 0.2) is 48.6 Å². The fraction of sp³-hybridized carbons (Fsp3) is 0.750. The van der Waals surface area contributed by atoms with Crippen LogP contribution in [0.1, 0.15) is 142 Å². The molecule has 50 heavy (non-hydrogen) atoms. The van der Waals surface area contributed by atoms with Crippen LogP contribution in [0, 0.1) is 0 Å². The van der Waals surface area contributed by atoms with Crippen LogP contribution in [-0.2, 0) is 32.7 Å². The highest BCUT2D eigenvalue weighted by molar-refractivity contribution is 7.45. The van der Waals surface area contributed by atoms with Crippen molar-refractivity contribution < 1.29 is 42.1 Å². The molecule has 0 N–H and O–H groups in total. The van der Waals surface area contributed by atoms with Gasteiger partial charge in [-0.15, -0.1) is 0 Å². The minimum Gasteiger partial charge on any atom is -0.756 e. The molecule has 290 valence electrons. The Labute approximate surface area is 305 Å². The molecular weight excluding hydrogens is 653 g/mol. The van der Waals surface area contributed by atoms with Crippen molar-refractivity contribution in [2.24, 2.45) is 0 Å². The van der Waals surface area contributed by atoms with Gasteiger partial charge in [-0.2, -0.15) is 0 Å². The molecule has 0 saturated carbocycles. The maximum atomic E-state index is 12.6. The van der Waals surface area contributed by atoms with Crippen molar-refractivity contribution in [3.63, 3.8) is 0 Å². The van der Waals surface area contributed by atoms with Crippen LogP contribution in [0.3, 0.4) is 0 Å². The van der Waals surface area contributed by atoms with E-state index in [0.29, 0.717) is 23.9 Å². The zero-order chi connectivity index (χ0) is 37.2. The number of quaternary nitrogens is 1. The number of carbonyl (C=O) groups excluding carboxylic acids is 2. The highest BCUT2D eigenvalue weighted by Crippen LogP contribution is 2.38. The summed E-state index contributed by atoms with van der Waals surface area (Å²) >= 11 is 0. The molecule has 1 unspecified atom stereocenters. The molecule has 0 spiro atoms. The summed E-state index contributed by atoms with van der Waals surface area (Å²) in [5, 5.41) is 0. The van der Waals surface area contributed by atoms with Crippen molar-refractivity contribution in [3.05, 3.63) is 48.6 Å². The molecule has 0 aliphatic rings. The summed E-state index contributed by atoms with van der Waals surface area (Å²) in [5.74, 6) is -0.907. The standard InChI is InChI=1S/C40H72NO8P/c1-6-8-10-12-14-16-17-18-19-20-21-22-23-25-27-29-31-33-40(43)49-38(37-48-50(44,45)47-35-34-41(3,4)5)36-46-39(42)32-30-28-26-24-15-13-11-9-7-2/h14,16,18-19,21-22,25,27,38H,6-13,15,17,20,23-24,26,28-37H2,1-5H3/b16-14+,19-18+,22-21+,27-25+/t38-/m1/s1. The Hall–Kier alpha value is -2.03. The van der Waals surface area contributed by atoms with E-state index in [4.69, 9.17) is 18.5 Å². The number of phosphoric acid groups is 1. The Balaban J connectivity index is 4.53. The van der Waals surface area contributed by atoms with Crippen LogP contribution in [-0.4, -0.2) is 70.0 Å². The number of likely N-dealkylation sites (N-methyl/N-ethyl adjacent to an activating group) is 1. The van der Waals surface area contributed by atoms with Crippen LogP contribution in [0.4, 0.5) is 0 Å². The molecule has 9 nitrogen and oxygen atoms in total. The third kappa shape index (κ3) is 35.8. The SMILES string of the molecule is CCCCC/C=C/C/C=C/C/C=C/C/C=C/CCCC(=O)O[C@H](COC(=O)CCCCCCCCCCC)COP(=O)([O-])OCC[N+](C)(C)C. The molecule has 0 aliphatic carbocycles. The Morgan fingerprint density at radius 3 is 1.66 bits per heavy atom. The number of hydrogen-bond donors (Lipinski definition) is 0. The van der Waals surface area contributed by atoms with Crippen LogP contribution < -0.4 is 4.89 Å². The molecule has 0 amide bonds. The largest absolute Gasteiger partial charge is 0.756 e. The fourth-order valence-corrected chi connectivity index (χ4v) is 5.49. The van der Waals surface area contributed by atoms with Gasteiger partial charge in [0.25, 0.3) is 7.82 Å². The second-order valence-corrected chi connectivity index (χ2v) is 15.4. The van der Waals surface area contributed by atoms with Gasteiger partial charge >= 0.3 is 11.9 Å². The molecule has 0 radical (unpaired) electrons. The van der Waals surface area contributed by atoms with E-state index in [2.05, 4.69) is 56.4 Å². The Morgan fingerprint density at radius 2 is 1.10 bits per heavy atom. The van der Waals surface area contributed by atoms with Crippen molar-refractivity contribution in [3.8, 4) is 0 Å². The lowest BCUT2D eigenvalue weighted by Crippen LogP contribution is -2.37. The van der Waals surface area contributed by atoms with Crippen LogP contribution in [0.5, 0.6) is 0 Å². The van der Waals surface area contributed by atoms with E-state index in [-0.39, 0.29) is 26.1 Å². The third-order valence-electron chi connectivity index (χ3n) is 7.85. The number of nitrogens with zero attached hydrogens (tertiary/aromatic N) is 1. The summed E-state index contributed by atoms with van der Waals surface area (Å²) in [6, 6.07) is 0. The Morgan fingerprint density at radius 1 is 0.620 bits per heavy atom. The summed E-state index contributed by atoms with van der Waals surface area (Å²) in [5.41, 5.74) is 0. The lowest BCUT2D eigenvalue weighted by atomic mass is 10.1. The normalized spacial score (nSPS) is 14.3. The molecule has 0 aliphatic heterocycles. The predicted octanol–water partition coefficient (Wildman–Crippen LogP) is 9.72. The summed E-state index contributed by atoms with van der Waals surface area (Å²) in [6.07, 6.45) is 35.8. The van der Waals surface area contributed by atoms with E-state index >= 15 is 0 Å². The first-order chi connectivity index (χ1) is 24.0. The van der Waals surface area contributed by atoms with Gasteiger partial charge in [0.15, 0.2) is 6.10 Å². The Kier molecular flexibility index (Phi) is 31.5. The van der Waals surface area contributed by atoms with Gasteiger partial charge in [-0.3, -0.25) is 14.2 Å². The summed E-state index contributed by atoms with van der Waals surface area (Å²) < 4.78 is 33.6. The van der Waals surface area contributed by atoms with E-state index in [1.165, 1.54) is 64.2 Å². The summed E-state index contributed by atoms with van der Waals surface area (Å²) in [7, 11) is 1.12. The first-order valence-electron chi connectivity index (χ1n) is 19.3. The number of carbonyl (C=O) groups is 2. The molecule has 0 rings (SSSR count). The van der Waals surface area contributed by atoms with Gasteiger partial charge < -0.3 is 27.9 Å². The summed E-state index contributed by atoms with van der Waals surface area (Å²) in [6.45, 7) is 4.08. The summed E-state index contributed by atoms with van der Waals surface area (Å²) in [4.78, 5) is 37.2. The van der Waals surface area contributed by atoms with Crippen molar-refractivity contribution in [2.75, 3.05) is 47.5 Å². The van der Waals surface area contributed by atoms with E-state index in [9.17, 15) is 19.0 Å². The first kappa shape index (κ1) is 48.0. The second kappa shape index (κ2) is 32.8. The number of ether oxygens (including phenoxy) is 2. The molecule has 0 saturated heterocycles. The van der Waals surface area contributed by atoms with Crippen molar-refractivity contribution in [2.45, 2.75) is 148 Å². The van der Waals surface area contributed by atoms with Crippen LogP contribution in [0.2, 0.25) is 0 Å². The van der Waals surface area contributed by atoms with E-state index in [1.54, 1.807) is 0 Å². The lowest BCUT2D eigenvalue weighted by Gasteiger charge is -2.28. The number of rotatable bonds is 34.